The summed E-state index contributed by atoms with van der Waals surface area (Å²) in [7, 11) is -3.37. The summed E-state index contributed by atoms with van der Waals surface area (Å²) in [4.78, 5) is 29.8. The molecule has 0 bridgehead atoms. The maximum absolute atomic E-state index is 12.4. The van der Waals surface area contributed by atoms with Gasteiger partial charge in [0.15, 0.2) is 5.13 Å². The number of carbonyl (C=O) groups is 2. The molecule has 0 spiro atoms. The molecule has 1 aromatic heterocycles. The number of nitrogens with one attached hydrogen (secondary N) is 2. The first-order chi connectivity index (χ1) is 13.2. The van der Waals surface area contributed by atoms with E-state index in [1.807, 2.05) is 0 Å². The predicted molar refractivity (Wildman–Crippen MR) is 107 cm³/mol. The number of thiazole rings is 1. The Morgan fingerprint density at radius 3 is 2.64 bits per heavy atom. The number of hydrogen-bond donors (Lipinski definition) is 2. The molecule has 1 unspecified atom stereocenters. The quantitative estimate of drug-likeness (QED) is 0.690. The van der Waals surface area contributed by atoms with E-state index in [-0.39, 0.29) is 17.8 Å². The van der Waals surface area contributed by atoms with Gasteiger partial charge < -0.3 is 4.74 Å². The number of carbonyl (C=O) groups excluding carboxylic acids is 2. The van der Waals surface area contributed by atoms with E-state index in [0.717, 1.165) is 16.8 Å². The average Bonchev–Trinajstić information content (AvgIpc) is 3.02. The first-order valence-electron chi connectivity index (χ1n) is 8.79. The molecule has 0 radical (unpaired) electrons. The lowest BCUT2D eigenvalue weighted by Gasteiger charge is -2.18. The lowest BCUT2D eigenvalue weighted by Crippen LogP contribution is -2.24. The SMILES string of the molecule is CCOC(=O)C1CCc2nc(NC(=O)c3ccc(NS(C)(=O)=O)cc3)sc2C1. The average molecular weight is 424 g/mol. The highest BCUT2D eigenvalue weighted by atomic mass is 32.2. The summed E-state index contributed by atoms with van der Waals surface area (Å²) in [5, 5.41) is 3.25. The molecule has 0 aliphatic heterocycles. The van der Waals surface area contributed by atoms with Gasteiger partial charge in [0.05, 0.1) is 24.5 Å². The Balaban J connectivity index is 1.65. The van der Waals surface area contributed by atoms with Gasteiger partial charge in [-0.05, 0) is 50.5 Å². The van der Waals surface area contributed by atoms with Crippen molar-refractivity contribution in [2.75, 3.05) is 22.9 Å². The molecule has 1 atom stereocenters. The lowest BCUT2D eigenvalue weighted by molar-refractivity contribution is -0.148. The van der Waals surface area contributed by atoms with Crippen molar-refractivity contribution in [3.63, 3.8) is 0 Å². The number of aryl methyl sites for hydroxylation is 1. The predicted octanol–water partition coefficient (Wildman–Crippen LogP) is 2.43. The van der Waals surface area contributed by atoms with Gasteiger partial charge in [0.25, 0.3) is 5.91 Å². The zero-order valence-electron chi connectivity index (χ0n) is 15.5. The van der Waals surface area contributed by atoms with E-state index in [1.54, 1.807) is 6.92 Å². The summed E-state index contributed by atoms with van der Waals surface area (Å²) in [6.45, 7) is 2.15. The highest BCUT2D eigenvalue weighted by molar-refractivity contribution is 7.92. The van der Waals surface area contributed by atoms with E-state index < -0.39 is 10.0 Å². The summed E-state index contributed by atoms with van der Waals surface area (Å²) < 4.78 is 29.9. The van der Waals surface area contributed by atoms with Crippen molar-refractivity contribution < 1.29 is 22.7 Å². The van der Waals surface area contributed by atoms with Crippen molar-refractivity contribution in [2.24, 2.45) is 5.92 Å². The van der Waals surface area contributed by atoms with Gasteiger partial charge in [-0.3, -0.25) is 19.6 Å². The molecule has 0 saturated heterocycles. The van der Waals surface area contributed by atoms with Crippen molar-refractivity contribution in [1.29, 1.82) is 0 Å². The van der Waals surface area contributed by atoms with E-state index in [4.69, 9.17) is 4.74 Å². The third-order valence-corrected chi connectivity index (χ3v) is 5.87. The number of anilines is 2. The minimum atomic E-state index is -3.37. The molecule has 1 aromatic carbocycles. The lowest BCUT2D eigenvalue weighted by atomic mass is 9.91. The van der Waals surface area contributed by atoms with Crippen LogP contribution >= 0.6 is 11.3 Å². The second-order valence-corrected chi connectivity index (χ2v) is 9.32. The molecule has 0 saturated carbocycles. The Kier molecular flexibility index (Phi) is 5.99. The van der Waals surface area contributed by atoms with Crippen LogP contribution in [0.2, 0.25) is 0 Å². The van der Waals surface area contributed by atoms with E-state index in [1.165, 1.54) is 35.6 Å². The summed E-state index contributed by atoms with van der Waals surface area (Å²) in [6, 6.07) is 6.11. The Bertz CT molecular complexity index is 983. The number of sulfonamides is 1. The van der Waals surface area contributed by atoms with Gasteiger partial charge in [-0.15, -0.1) is 11.3 Å². The molecule has 150 valence electrons. The molecule has 10 heteroatoms. The van der Waals surface area contributed by atoms with E-state index >= 15 is 0 Å². The maximum atomic E-state index is 12.4. The fourth-order valence-electron chi connectivity index (χ4n) is 2.96. The second-order valence-electron chi connectivity index (χ2n) is 6.49. The minimum absolute atomic E-state index is 0.161. The molecule has 1 aliphatic carbocycles. The number of fused-ring (bicyclic) bond motifs is 1. The monoisotopic (exact) mass is 423 g/mol. The van der Waals surface area contributed by atoms with E-state index in [9.17, 15) is 18.0 Å². The van der Waals surface area contributed by atoms with E-state index in [0.29, 0.717) is 42.3 Å². The van der Waals surface area contributed by atoms with Gasteiger partial charge in [-0.2, -0.15) is 0 Å². The van der Waals surface area contributed by atoms with Crippen LogP contribution in [0.25, 0.3) is 0 Å². The molecule has 0 fully saturated rings. The Morgan fingerprint density at radius 2 is 2.00 bits per heavy atom. The summed E-state index contributed by atoms with van der Waals surface area (Å²) in [6.07, 6.45) is 3.01. The highest BCUT2D eigenvalue weighted by Gasteiger charge is 2.28. The zero-order valence-corrected chi connectivity index (χ0v) is 17.2. The number of benzene rings is 1. The van der Waals surface area contributed by atoms with Crippen LogP contribution in [-0.2, 0) is 32.4 Å². The number of hydrogen-bond acceptors (Lipinski definition) is 7. The zero-order chi connectivity index (χ0) is 20.3. The largest absolute Gasteiger partial charge is 0.466 e. The van der Waals surface area contributed by atoms with E-state index in [2.05, 4.69) is 15.0 Å². The minimum Gasteiger partial charge on any atom is -0.466 e. The van der Waals surface area contributed by atoms with Crippen molar-refractivity contribution in [2.45, 2.75) is 26.2 Å². The Hall–Kier alpha value is -2.46. The summed E-state index contributed by atoms with van der Waals surface area (Å²) in [5.41, 5.74) is 1.68. The molecule has 1 amide bonds. The molecule has 8 nitrogen and oxygen atoms in total. The van der Waals surface area contributed by atoms with Gasteiger partial charge in [0, 0.05) is 16.1 Å². The Labute approximate surface area is 167 Å². The molecular formula is C18H21N3O5S2. The molecule has 1 aliphatic rings. The molecule has 2 N–H and O–H groups in total. The maximum Gasteiger partial charge on any atom is 0.309 e. The molecule has 3 rings (SSSR count). The number of esters is 1. The first kappa shape index (κ1) is 20.3. The van der Waals surface area contributed by atoms with Crippen LogP contribution < -0.4 is 10.0 Å². The number of nitrogens with zero attached hydrogens (tertiary/aromatic N) is 1. The fraction of sp³-hybridized carbons (Fsp3) is 0.389. The molecular weight excluding hydrogens is 402 g/mol. The van der Waals surface area contributed by atoms with Crippen LogP contribution in [0, 0.1) is 5.92 Å². The summed E-state index contributed by atoms with van der Waals surface area (Å²) >= 11 is 1.37. The van der Waals surface area contributed by atoms with Crippen LogP contribution in [0.3, 0.4) is 0 Å². The van der Waals surface area contributed by atoms with Gasteiger partial charge in [-0.1, -0.05) is 0 Å². The third kappa shape index (κ3) is 5.08. The van der Waals surface area contributed by atoms with Gasteiger partial charge in [0.2, 0.25) is 10.0 Å². The number of aromatic nitrogens is 1. The first-order valence-corrected chi connectivity index (χ1v) is 11.5. The van der Waals surface area contributed by atoms with Crippen molar-refractivity contribution >= 4 is 44.1 Å². The van der Waals surface area contributed by atoms with Crippen LogP contribution in [0.1, 0.15) is 34.3 Å². The highest BCUT2D eigenvalue weighted by Crippen LogP contribution is 2.33. The molecule has 2 aromatic rings. The van der Waals surface area contributed by atoms with Crippen molar-refractivity contribution in [3.05, 3.63) is 40.4 Å². The number of rotatable bonds is 6. The van der Waals surface area contributed by atoms with Crippen LogP contribution in [0.5, 0.6) is 0 Å². The third-order valence-electron chi connectivity index (χ3n) is 4.23. The van der Waals surface area contributed by atoms with Gasteiger partial charge >= 0.3 is 5.97 Å². The molecule has 28 heavy (non-hydrogen) atoms. The summed E-state index contributed by atoms with van der Waals surface area (Å²) in [5.74, 6) is -0.680. The fourth-order valence-corrected chi connectivity index (χ4v) is 4.61. The standard InChI is InChI=1S/C18H21N3O5S2/c1-3-26-17(23)12-6-9-14-15(10-12)27-18(19-14)20-16(22)11-4-7-13(8-5-11)21-28(2,24)25/h4-5,7-8,12,21H,3,6,9-10H2,1-2H3,(H,19,20,22). The number of ether oxygens (including phenoxy) is 1. The van der Waals surface area contributed by atoms with Crippen molar-refractivity contribution in [1.82, 2.24) is 4.98 Å². The van der Waals surface area contributed by atoms with Crippen LogP contribution in [-0.4, -0.2) is 38.1 Å². The molecule has 1 heterocycles. The number of amides is 1. The normalized spacial score (nSPS) is 16.1. The van der Waals surface area contributed by atoms with Gasteiger partial charge in [0.1, 0.15) is 0 Å². The smallest absolute Gasteiger partial charge is 0.309 e. The van der Waals surface area contributed by atoms with Gasteiger partial charge in [-0.25, -0.2) is 13.4 Å². The van der Waals surface area contributed by atoms with Crippen LogP contribution in [0.4, 0.5) is 10.8 Å². The van der Waals surface area contributed by atoms with Crippen LogP contribution in [0.15, 0.2) is 24.3 Å². The topological polar surface area (TPSA) is 114 Å². The van der Waals surface area contributed by atoms with Crippen molar-refractivity contribution in [3.8, 4) is 0 Å². The Morgan fingerprint density at radius 1 is 1.29 bits per heavy atom. The second kappa shape index (κ2) is 8.27.